The monoisotopic (exact) mass is 934 g/mol. The molecule has 3 aliphatic rings. The molecule has 0 saturated carbocycles. The number of likely N-dealkylation sites (N-methyl/N-ethyl adjacent to an activating group) is 1. The van der Waals surface area contributed by atoms with E-state index < -0.39 is 18.2 Å². The number of carboxylic acids is 1. The molecule has 0 amide bonds. The van der Waals surface area contributed by atoms with E-state index in [1.54, 1.807) is 50.0 Å². The van der Waals surface area contributed by atoms with Crippen molar-refractivity contribution in [3.63, 3.8) is 0 Å². The van der Waals surface area contributed by atoms with Gasteiger partial charge in [-0.05, 0) is 80.1 Å². The van der Waals surface area contributed by atoms with Gasteiger partial charge in [0.05, 0.1) is 46.2 Å². The molecule has 1 saturated heterocycles. The summed E-state index contributed by atoms with van der Waals surface area (Å²) >= 11 is 16.0. The number of methoxy groups -OCH3 is 1. The quantitative estimate of drug-likeness (QED) is 0.147. The number of hydrogen-bond donors (Lipinski definition) is 1. The summed E-state index contributed by atoms with van der Waals surface area (Å²) < 4.78 is 31.8. The maximum atomic E-state index is 13.3. The third-order valence-corrected chi connectivity index (χ3v) is 13.6. The molecule has 4 aromatic heterocycles. The molecule has 65 heavy (non-hydrogen) atoms. The number of nitrogens with zero attached hydrogens (tertiary/aromatic N) is 8. The van der Waals surface area contributed by atoms with Crippen molar-refractivity contribution < 1.29 is 33.6 Å². The predicted molar refractivity (Wildman–Crippen MR) is 248 cm³/mol. The van der Waals surface area contributed by atoms with E-state index in [2.05, 4.69) is 42.0 Å². The van der Waals surface area contributed by atoms with E-state index in [1.165, 1.54) is 17.7 Å². The minimum atomic E-state index is -1.44. The molecule has 2 atom stereocenters. The summed E-state index contributed by atoms with van der Waals surface area (Å²) in [5, 5.41) is 20.2. The molecule has 334 valence electrons. The summed E-state index contributed by atoms with van der Waals surface area (Å²) in [6.45, 7) is 8.02. The van der Waals surface area contributed by atoms with Crippen LogP contribution in [0.3, 0.4) is 0 Å². The highest BCUT2D eigenvalue weighted by atomic mass is 35.5. The molecule has 0 unspecified atom stereocenters. The topological polar surface area (TPSA) is 167 Å². The van der Waals surface area contributed by atoms with Gasteiger partial charge in [0.15, 0.2) is 11.6 Å². The number of aromatic nitrogens is 6. The first-order chi connectivity index (χ1) is 31.6. The van der Waals surface area contributed by atoms with Crippen molar-refractivity contribution >= 4 is 50.7 Å². The fourth-order valence-corrected chi connectivity index (χ4v) is 9.77. The highest BCUT2D eigenvalue weighted by Crippen LogP contribution is 2.53. The third-order valence-electron chi connectivity index (χ3n) is 11.5. The molecule has 0 spiro atoms. The number of benzene rings is 3. The van der Waals surface area contributed by atoms with Crippen LogP contribution < -0.4 is 23.7 Å². The van der Waals surface area contributed by atoms with Gasteiger partial charge in [-0.15, -0.1) is 11.3 Å². The van der Waals surface area contributed by atoms with Gasteiger partial charge in [-0.2, -0.15) is 10.2 Å². The average Bonchev–Trinajstić information content (AvgIpc) is 3.71. The number of piperazine rings is 1. The second kappa shape index (κ2) is 19.1. The minimum absolute atomic E-state index is 0.0479. The normalized spacial score (nSPS) is 16.9. The molecule has 7 aromatic rings. The molecule has 3 aliphatic heterocycles. The maximum Gasteiger partial charge on any atom is 0.345 e. The van der Waals surface area contributed by atoms with Gasteiger partial charge < -0.3 is 33.7 Å². The van der Waals surface area contributed by atoms with Gasteiger partial charge in [0.2, 0.25) is 12.0 Å². The number of aliphatic carboxylic acids is 1. The van der Waals surface area contributed by atoms with Crippen LogP contribution >= 0.6 is 34.5 Å². The Bertz CT molecular complexity index is 2850. The van der Waals surface area contributed by atoms with Crippen molar-refractivity contribution in [1.82, 2.24) is 39.9 Å². The van der Waals surface area contributed by atoms with Gasteiger partial charge in [-0.3, -0.25) is 4.90 Å². The van der Waals surface area contributed by atoms with Gasteiger partial charge in [-0.1, -0.05) is 35.3 Å². The SMILES string of the molecule is COc1ccccc1-c1nccc(COc2ccc3cc2C[C@H](C(=O)O)Oc2ncnc4sc(-c5ccnnc5)c(c24)-c2c(C)c(Cl)c(c(Cl)c2C)O[C@H](CN2CCN(C)CC2)CO3)n1. The molecular formula is C47H44Cl2N8O7S. The smallest absolute Gasteiger partial charge is 0.345 e. The van der Waals surface area contributed by atoms with Crippen LogP contribution in [0.15, 0.2) is 79.5 Å². The predicted octanol–water partition coefficient (Wildman–Crippen LogP) is 8.25. The van der Waals surface area contributed by atoms with Crippen LogP contribution in [-0.2, 0) is 17.8 Å². The van der Waals surface area contributed by atoms with Crippen molar-refractivity contribution in [1.29, 1.82) is 0 Å². The van der Waals surface area contributed by atoms with Crippen LogP contribution in [0.2, 0.25) is 10.0 Å². The van der Waals surface area contributed by atoms with Crippen LogP contribution in [0.1, 0.15) is 22.4 Å². The second-order valence-electron chi connectivity index (χ2n) is 15.8. The molecule has 3 aromatic carbocycles. The lowest BCUT2D eigenvalue weighted by atomic mass is 9.92. The summed E-state index contributed by atoms with van der Waals surface area (Å²) in [5.74, 6) is 1.16. The van der Waals surface area contributed by atoms with E-state index in [0.717, 1.165) is 42.2 Å². The lowest BCUT2D eigenvalue weighted by Gasteiger charge is -2.35. The highest BCUT2D eigenvalue weighted by Gasteiger charge is 2.32. The van der Waals surface area contributed by atoms with Crippen molar-refractivity contribution in [2.24, 2.45) is 0 Å². The Balaban J connectivity index is 1.16. The van der Waals surface area contributed by atoms with Crippen molar-refractivity contribution in [2.75, 3.05) is 53.5 Å². The molecule has 15 nitrogen and oxygen atoms in total. The number of rotatable bonds is 9. The van der Waals surface area contributed by atoms with E-state index >= 15 is 0 Å². The number of ether oxygens (including phenoxy) is 5. The maximum absolute atomic E-state index is 13.3. The number of thiophene rings is 1. The summed E-state index contributed by atoms with van der Waals surface area (Å²) in [4.78, 5) is 37.7. The lowest BCUT2D eigenvalue weighted by Crippen LogP contribution is -2.49. The molecule has 1 fully saturated rings. The van der Waals surface area contributed by atoms with Crippen molar-refractivity contribution in [3.05, 3.63) is 112 Å². The Morgan fingerprint density at radius 1 is 0.923 bits per heavy atom. The second-order valence-corrected chi connectivity index (χ2v) is 17.6. The zero-order valence-electron chi connectivity index (χ0n) is 36.0. The van der Waals surface area contributed by atoms with Crippen LogP contribution in [0.25, 0.3) is 43.2 Å². The molecule has 10 rings (SSSR count). The third kappa shape index (κ3) is 9.22. The molecular weight excluding hydrogens is 892 g/mol. The first kappa shape index (κ1) is 44.1. The average molecular weight is 936 g/mol. The van der Waals surface area contributed by atoms with Gasteiger partial charge in [0, 0.05) is 66.9 Å². The molecule has 0 aliphatic carbocycles. The van der Waals surface area contributed by atoms with Crippen LogP contribution in [0.4, 0.5) is 0 Å². The Kier molecular flexibility index (Phi) is 13.0. The van der Waals surface area contributed by atoms with E-state index in [-0.39, 0.29) is 25.5 Å². The zero-order valence-corrected chi connectivity index (χ0v) is 38.3. The Labute approximate surface area is 388 Å². The standard InChI is InChI=1S/C47H44Cl2N8O7S/c1-26-37-27(2)41(49)42(40(26)48)63-32(22-57-17-15-56(3)16-18-57)24-61-31-9-10-34(62-23-30-12-13-50-44(55-30)33-7-5-6-8-35(33)60-4)29(19-31)20-36(47(58)59)64-45-39-38(37)43(28-11-14-53-54-21-28)65-46(39)52-25-51-45/h5-14,19,21,25,32,36H,15-18,20,22-24H2,1-4H3,(H,58,59)/t32-,36-/m1/s1. The summed E-state index contributed by atoms with van der Waals surface area (Å²) in [6, 6.07) is 16.4. The molecule has 7 heterocycles. The molecule has 1 N–H and O–H groups in total. The first-order valence-corrected chi connectivity index (χ1v) is 22.5. The summed E-state index contributed by atoms with van der Waals surface area (Å²) in [6.07, 6.45) is 4.18. The minimum Gasteiger partial charge on any atom is -0.496 e. The van der Waals surface area contributed by atoms with Crippen molar-refractivity contribution in [3.8, 4) is 61.8 Å². The summed E-state index contributed by atoms with van der Waals surface area (Å²) in [7, 11) is 3.71. The fourth-order valence-electron chi connectivity index (χ4n) is 8.12. The van der Waals surface area contributed by atoms with E-state index in [4.69, 9.17) is 51.9 Å². The van der Waals surface area contributed by atoms with Crippen LogP contribution in [-0.4, -0.2) is 117 Å². The van der Waals surface area contributed by atoms with E-state index in [9.17, 15) is 9.90 Å². The van der Waals surface area contributed by atoms with Gasteiger partial charge in [0.1, 0.15) is 47.7 Å². The Hall–Kier alpha value is -6.17. The highest BCUT2D eigenvalue weighted by molar-refractivity contribution is 7.22. The van der Waals surface area contributed by atoms with Gasteiger partial charge >= 0.3 is 5.97 Å². The Morgan fingerprint density at radius 2 is 1.72 bits per heavy atom. The largest absolute Gasteiger partial charge is 0.496 e. The molecule has 0 radical (unpaired) electrons. The summed E-state index contributed by atoms with van der Waals surface area (Å²) in [5.41, 5.74) is 5.32. The number of hydrogen-bond acceptors (Lipinski definition) is 15. The number of halogens is 2. The number of fused-ring (bicyclic) bond motifs is 7. The number of carbonyl (C=O) groups is 1. The first-order valence-electron chi connectivity index (χ1n) is 20.9. The van der Waals surface area contributed by atoms with E-state index in [0.29, 0.717) is 89.1 Å². The van der Waals surface area contributed by atoms with Gasteiger partial charge in [-0.25, -0.2) is 24.7 Å². The molecule has 18 heteroatoms. The lowest BCUT2D eigenvalue weighted by molar-refractivity contribution is -0.145. The van der Waals surface area contributed by atoms with Crippen molar-refractivity contribution in [2.45, 2.75) is 39.1 Å². The number of para-hydroxylation sites is 1. The van der Waals surface area contributed by atoms with Gasteiger partial charge in [0.25, 0.3) is 0 Å². The zero-order chi connectivity index (χ0) is 45.2. The molecule has 4 bridgehead atoms. The van der Waals surface area contributed by atoms with Crippen LogP contribution in [0.5, 0.6) is 28.9 Å². The number of carboxylic acid groups (broad SMARTS) is 1. The fraction of sp³-hybridized carbons (Fsp3) is 0.298. The van der Waals surface area contributed by atoms with Crippen LogP contribution in [0, 0.1) is 13.8 Å². The Morgan fingerprint density at radius 3 is 2.48 bits per heavy atom. The van der Waals surface area contributed by atoms with E-state index in [1.807, 2.05) is 44.2 Å².